The summed E-state index contributed by atoms with van der Waals surface area (Å²) >= 11 is 0. The van der Waals surface area contributed by atoms with Gasteiger partial charge < -0.3 is 0 Å². The second kappa shape index (κ2) is 5.28. The summed E-state index contributed by atoms with van der Waals surface area (Å²) in [6, 6.07) is 8.45. The van der Waals surface area contributed by atoms with Gasteiger partial charge in [-0.3, -0.25) is 0 Å². The van der Waals surface area contributed by atoms with Crippen LogP contribution in [0.1, 0.15) is 13.3 Å². The molecule has 0 bridgehead atoms. The first-order valence-corrected chi connectivity index (χ1v) is 6.41. The monoisotopic (exact) mass is 226 g/mol. The molecule has 83 valence electrons. The molecule has 0 amide bonds. The van der Waals surface area contributed by atoms with Gasteiger partial charge in [0, 0.05) is 13.1 Å². The van der Waals surface area contributed by atoms with E-state index in [9.17, 15) is 8.42 Å². The van der Waals surface area contributed by atoms with E-state index < -0.39 is 10.0 Å². The summed E-state index contributed by atoms with van der Waals surface area (Å²) < 4.78 is 25.5. The molecule has 4 heteroatoms. The maximum absolute atomic E-state index is 12.0. The predicted octanol–water partition coefficient (Wildman–Crippen LogP) is 1.92. The molecule has 0 aliphatic carbocycles. The summed E-state index contributed by atoms with van der Waals surface area (Å²) in [6.45, 7) is 6.37. The molecule has 0 saturated carbocycles. The minimum Gasteiger partial charge on any atom is -0.207 e. The third-order valence-corrected chi connectivity index (χ3v) is 4.02. The molecule has 0 aliphatic heterocycles. The standard InChI is InChI=1S/C11H16NO2S/c1-3-10-12(4-2)15(13,14)11-8-6-5-7-9-11/h5-9H,2-4,10H2,1H3. The van der Waals surface area contributed by atoms with E-state index in [-0.39, 0.29) is 6.54 Å². The fraction of sp³-hybridized carbons (Fsp3) is 0.364. The zero-order chi connectivity index (χ0) is 11.3. The van der Waals surface area contributed by atoms with Gasteiger partial charge in [0.15, 0.2) is 0 Å². The van der Waals surface area contributed by atoms with Crippen LogP contribution in [-0.2, 0) is 10.0 Å². The number of benzene rings is 1. The quantitative estimate of drug-likeness (QED) is 0.769. The van der Waals surface area contributed by atoms with Crippen molar-refractivity contribution in [3.63, 3.8) is 0 Å². The Morgan fingerprint density at radius 3 is 2.33 bits per heavy atom. The molecular formula is C11H16NO2S. The Balaban J connectivity index is 3.01. The highest BCUT2D eigenvalue weighted by atomic mass is 32.2. The van der Waals surface area contributed by atoms with E-state index in [1.54, 1.807) is 30.3 Å². The molecule has 1 radical (unpaired) electrons. The Hall–Kier alpha value is -0.870. The minimum absolute atomic E-state index is 0.269. The number of nitrogens with zero attached hydrogens (tertiary/aromatic N) is 1. The van der Waals surface area contributed by atoms with E-state index in [4.69, 9.17) is 0 Å². The number of rotatable bonds is 5. The normalized spacial score (nSPS) is 11.9. The summed E-state index contributed by atoms with van der Waals surface area (Å²) in [7, 11) is -3.34. The minimum atomic E-state index is -3.34. The fourth-order valence-corrected chi connectivity index (χ4v) is 2.81. The van der Waals surface area contributed by atoms with Gasteiger partial charge in [-0.05, 0) is 25.5 Å². The van der Waals surface area contributed by atoms with E-state index in [1.165, 1.54) is 4.31 Å². The lowest BCUT2D eigenvalue weighted by Crippen LogP contribution is -2.31. The molecule has 3 nitrogen and oxygen atoms in total. The van der Waals surface area contributed by atoms with Crippen LogP contribution in [0.25, 0.3) is 0 Å². The molecule has 0 spiro atoms. The van der Waals surface area contributed by atoms with Crippen molar-refractivity contribution in [1.29, 1.82) is 0 Å². The second-order valence-electron chi connectivity index (χ2n) is 3.22. The first-order chi connectivity index (χ1) is 7.12. The van der Waals surface area contributed by atoms with E-state index in [2.05, 4.69) is 6.92 Å². The molecule has 1 aromatic carbocycles. The summed E-state index contributed by atoms with van der Waals surface area (Å²) in [4.78, 5) is 0.335. The van der Waals surface area contributed by atoms with Gasteiger partial charge in [0.1, 0.15) is 0 Å². The Kier molecular flexibility index (Phi) is 4.29. The van der Waals surface area contributed by atoms with Gasteiger partial charge in [0.2, 0.25) is 10.0 Å². The maximum atomic E-state index is 12.0. The van der Waals surface area contributed by atoms with Crippen LogP contribution in [0.3, 0.4) is 0 Å². The van der Waals surface area contributed by atoms with Gasteiger partial charge in [0.05, 0.1) is 4.90 Å². The van der Waals surface area contributed by atoms with Gasteiger partial charge in [-0.25, -0.2) is 8.42 Å². The van der Waals surface area contributed by atoms with Crippen molar-refractivity contribution in [2.75, 3.05) is 13.1 Å². The highest BCUT2D eigenvalue weighted by Gasteiger charge is 2.21. The number of hydrogen-bond donors (Lipinski definition) is 0. The molecule has 0 heterocycles. The molecule has 0 atom stereocenters. The van der Waals surface area contributed by atoms with E-state index in [0.717, 1.165) is 6.42 Å². The molecule has 15 heavy (non-hydrogen) atoms. The Labute approximate surface area is 91.8 Å². The lowest BCUT2D eigenvalue weighted by molar-refractivity contribution is 0.440. The molecule has 1 aromatic rings. The van der Waals surface area contributed by atoms with Crippen LogP contribution in [0.4, 0.5) is 0 Å². The summed E-state index contributed by atoms with van der Waals surface area (Å²) in [6.07, 6.45) is 0.793. The third-order valence-electron chi connectivity index (χ3n) is 2.10. The van der Waals surface area contributed by atoms with Gasteiger partial charge >= 0.3 is 0 Å². The highest BCUT2D eigenvalue weighted by Crippen LogP contribution is 2.14. The van der Waals surface area contributed by atoms with Crippen molar-refractivity contribution >= 4 is 10.0 Å². The van der Waals surface area contributed by atoms with Crippen molar-refractivity contribution in [1.82, 2.24) is 4.31 Å². The Morgan fingerprint density at radius 1 is 1.27 bits per heavy atom. The Bertz CT molecular complexity index is 386. The van der Waals surface area contributed by atoms with Crippen LogP contribution in [0.15, 0.2) is 35.2 Å². The van der Waals surface area contributed by atoms with Crippen molar-refractivity contribution in [2.45, 2.75) is 18.2 Å². The molecule has 0 fully saturated rings. The maximum Gasteiger partial charge on any atom is 0.243 e. The molecule has 0 aromatic heterocycles. The van der Waals surface area contributed by atoms with E-state index in [0.29, 0.717) is 11.4 Å². The second-order valence-corrected chi connectivity index (χ2v) is 5.16. The lowest BCUT2D eigenvalue weighted by Gasteiger charge is -2.19. The van der Waals surface area contributed by atoms with Crippen LogP contribution < -0.4 is 0 Å². The molecule has 0 aliphatic rings. The van der Waals surface area contributed by atoms with Gasteiger partial charge in [-0.2, -0.15) is 4.31 Å². The van der Waals surface area contributed by atoms with Gasteiger partial charge in [0.25, 0.3) is 0 Å². The molecule has 0 N–H and O–H groups in total. The third kappa shape index (κ3) is 2.79. The lowest BCUT2D eigenvalue weighted by atomic mass is 10.4. The zero-order valence-electron chi connectivity index (χ0n) is 8.89. The van der Waals surface area contributed by atoms with E-state index in [1.807, 2.05) is 6.92 Å². The zero-order valence-corrected chi connectivity index (χ0v) is 9.70. The van der Waals surface area contributed by atoms with Gasteiger partial charge in [-0.15, -0.1) is 0 Å². The first kappa shape index (κ1) is 12.2. The van der Waals surface area contributed by atoms with E-state index >= 15 is 0 Å². The summed E-state index contributed by atoms with van der Waals surface area (Å²) in [5.74, 6) is 0. The van der Waals surface area contributed by atoms with Crippen molar-refractivity contribution < 1.29 is 8.42 Å². The molecule has 0 unspecified atom stereocenters. The van der Waals surface area contributed by atoms with Crippen LogP contribution in [-0.4, -0.2) is 25.8 Å². The smallest absolute Gasteiger partial charge is 0.207 e. The van der Waals surface area contributed by atoms with Crippen LogP contribution >= 0.6 is 0 Å². The largest absolute Gasteiger partial charge is 0.243 e. The molecule has 0 saturated heterocycles. The van der Waals surface area contributed by atoms with Crippen molar-refractivity contribution in [3.05, 3.63) is 37.3 Å². The number of sulfonamides is 1. The Morgan fingerprint density at radius 2 is 1.87 bits per heavy atom. The predicted molar refractivity (Wildman–Crippen MR) is 60.8 cm³/mol. The van der Waals surface area contributed by atoms with Crippen LogP contribution in [0.2, 0.25) is 0 Å². The summed E-state index contributed by atoms with van der Waals surface area (Å²) in [5.41, 5.74) is 0. The fourth-order valence-electron chi connectivity index (χ4n) is 1.34. The highest BCUT2D eigenvalue weighted by molar-refractivity contribution is 7.89. The van der Waals surface area contributed by atoms with Crippen LogP contribution in [0, 0.1) is 6.92 Å². The number of hydrogen-bond acceptors (Lipinski definition) is 2. The molecular weight excluding hydrogens is 210 g/mol. The van der Waals surface area contributed by atoms with Crippen molar-refractivity contribution in [3.8, 4) is 0 Å². The summed E-state index contributed by atoms with van der Waals surface area (Å²) in [5, 5.41) is 0. The molecule has 1 rings (SSSR count). The van der Waals surface area contributed by atoms with Crippen LogP contribution in [0.5, 0.6) is 0 Å². The average molecular weight is 226 g/mol. The SMILES string of the molecule is [CH2]CN(CCC)S(=O)(=O)c1ccccc1. The average Bonchev–Trinajstić information content (AvgIpc) is 2.27. The van der Waals surface area contributed by atoms with Gasteiger partial charge in [-0.1, -0.05) is 25.1 Å². The topological polar surface area (TPSA) is 37.4 Å². The first-order valence-electron chi connectivity index (χ1n) is 4.97. The van der Waals surface area contributed by atoms with Crippen molar-refractivity contribution in [2.24, 2.45) is 0 Å².